The molecule has 1 aromatic carbocycles. The number of hydrogen-bond acceptors (Lipinski definition) is 2. The second kappa shape index (κ2) is 5.87. The summed E-state index contributed by atoms with van der Waals surface area (Å²) < 4.78 is 25.5. The lowest BCUT2D eigenvalue weighted by Crippen LogP contribution is -2.37. The Morgan fingerprint density at radius 1 is 1.30 bits per heavy atom. The van der Waals surface area contributed by atoms with Crippen LogP contribution in [0.25, 0.3) is 0 Å². The average Bonchev–Trinajstić information content (AvgIpc) is 3.18. The van der Waals surface area contributed by atoms with Crippen molar-refractivity contribution in [3.63, 3.8) is 0 Å². The number of carbonyl (C=O) groups excluding carboxylic acids is 1. The van der Waals surface area contributed by atoms with Gasteiger partial charge in [-0.3, -0.25) is 4.79 Å². The van der Waals surface area contributed by atoms with Crippen molar-refractivity contribution in [3.05, 3.63) is 33.8 Å². The van der Waals surface area contributed by atoms with Gasteiger partial charge in [-0.15, -0.1) is 0 Å². The van der Waals surface area contributed by atoms with E-state index in [9.17, 15) is 18.4 Å². The molecule has 1 aromatic rings. The average molecular weight is 348 g/mol. The molecule has 20 heavy (non-hydrogen) atoms. The fourth-order valence-electron chi connectivity index (χ4n) is 1.94. The summed E-state index contributed by atoms with van der Waals surface area (Å²) in [4.78, 5) is 24.3. The number of carboxylic acid groups (broad SMARTS) is 1. The third kappa shape index (κ3) is 3.53. The highest BCUT2D eigenvalue weighted by atomic mass is 79.9. The zero-order valence-corrected chi connectivity index (χ0v) is 11.9. The molecule has 7 heteroatoms. The molecule has 1 aliphatic rings. The Morgan fingerprint density at radius 3 is 2.40 bits per heavy atom. The van der Waals surface area contributed by atoms with Gasteiger partial charge in [-0.25, -0.2) is 13.6 Å². The highest BCUT2D eigenvalue weighted by Crippen LogP contribution is 2.29. The molecule has 0 saturated heterocycles. The fraction of sp³-hybridized carbons (Fsp3) is 0.385. The zero-order chi connectivity index (χ0) is 14.9. The molecule has 1 aliphatic carbocycles. The molecule has 0 aromatic heterocycles. The molecule has 1 saturated carbocycles. The Hall–Kier alpha value is -1.50. The van der Waals surface area contributed by atoms with E-state index in [0.29, 0.717) is 17.3 Å². The highest BCUT2D eigenvalue weighted by Gasteiger charge is 2.34. The molecule has 1 amide bonds. The quantitative estimate of drug-likeness (QED) is 0.890. The summed E-state index contributed by atoms with van der Waals surface area (Å²) in [7, 11) is 0. The van der Waals surface area contributed by atoms with Crippen LogP contribution in [-0.4, -0.2) is 40.9 Å². The number of rotatable bonds is 5. The minimum Gasteiger partial charge on any atom is -0.478 e. The number of carbonyl (C=O) groups is 2. The maximum Gasteiger partial charge on any atom is 0.335 e. The largest absolute Gasteiger partial charge is 0.478 e. The molecule has 0 atom stereocenters. The van der Waals surface area contributed by atoms with Crippen molar-refractivity contribution in [2.24, 2.45) is 0 Å². The lowest BCUT2D eigenvalue weighted by atomic mass is 10.1. The van der Waals surface area contributed by atoms with Crippen molar-refractivity contribution in [2.45, 2.75) is 25.3 Å². The summed E-state index contributed by atoms with van der Waals surface area (Å²) in [6, 6.07) is 3.84. The Labute approximate surface area is 122 Å². The van der Waals surface area contributed by atoms with Crippen LogP contribution in [0.1, 0.15) is 33.6 Å². The smallest absolute Gasteiger partial charge is 0.335 e. The van der Waals surface area contributed by atoms with E-state index >= 15 is 0 Å². The lowest BCUT2D eigenvalue weighted by Gasteiger charge is -2.22. The first-order valence-electron chi connectivity index (χ1n) is 6.01. The Kier molecular flexibility index (Phi) is 4.37. The molecular weight excluding hydrogens is 336 g/mol. The van der Waals surface area contributed by atoms with Gasteiger partial charge >= 0.3 is 5.97 Å². The number of halogens is 3. The van der Waals surface area contributed by atoms with Crippen molar-refractivity contribution >= 4 is 27.8 Å². The molecule has 1 fully saturated rings. The normalized spacial score (nSPS) is 14.4. The number of benzene rings is 1. The van der Waals surface area contributed by atoms with Crippen LogP contribution >= 0.6 is 15.9 Å². The van der Waals surface area contributed by atoms with Gasteiger partial charge in [-0.1, -0.05) is 15.9 Å². The number of carboxylic acids is 1. The fourth-order valence-corrected chi connectivity index (χ4v) is 2.43. The standard InChI is InChI=1S/C13H12BrF2NO3/c14-9-4-7(3-8(5-9)13(19)20)12(18)17(6-11(15)16)10-1-2-10/h3-5,10-11H,1-2,6H2,(H,19,20). The van der Waals surface area contributed by atoms with Crippen molar-refractivity contribution in [2.75, 3.05) is 6.54 Å². The Morgan fingerprint density at radius 2 is 1.90 bits per heavy atom. The molecule has 0 heterocycles. The minimum atomic E-state index is -2.61. The molecular formula is C13H12BrF2NO3. The summed E-state index contributed by atoms with van der Waals surface area (Å²) in [5.74, 6) is -1.73. The predicted molar refractivity (Wildman–Crippen MR) is 71.2 cm³/mol. The SMILES string of the molecule is O=C(O)c1cc(Br)cc(C(=O)N(CC(F)F)C2CC2)c1. The summed E-state index contributed by atoms with van der Waals surface area (Å²) in [6.45, 7) is -0.627. The number of aromatic carboxylic acids is 1. The molecule has 108 valence electrons. The van der Waals surface area contributed by atoms with Gasteiger partial charge in [0.25, 0.3) is 12.3 Å². The van der Waals surface area contributed by atoms with Crippen LogP contribution in [0, 0.1) is 0 Å². The number of hydrogen-bond donors (Lipinski definition) is 1. The van der Waals surface area contributed by atoms with Gasteiger partial charge in [0.2, 0.25) is 0 Å². The molecule has 1 N–H and O–H groups in total. The van der Waals surface area contributed by atoms with Gasteiger partial charge in [0.15, 0.2) is 0 Å². The van der Waals surface area contributed by atoms with E-state index in [-0.39, 0.29) is 17.2 Å². The van der Waals surface area contributed by atoms with Gasteiger partial charge in [-0.2, -0.15) is 0 Å². The Bertz CT molecular complexity index is 546. The molecule has 0 bridgehead atoms. The second-order valence-electron chi connectivity index (χ2n) is 4.61. The summed E-state index contributed by atoms with van der Waals surface area (Å²) in [6.07, 6.45) is -1.19. The van der Waals surface area contributed by atoms with Gasteiger partial charge in [0, 0.05) is 16.1 Å². The van der Waals surface area contributed by atoms with Gasteiger partial charge in [-0.05, 0) is 31.0 Å². The first-order chi connectivity index (χ1) is 9.38. The van der Waals surface area contributed by atoms with E-state index < -0.39 is 24.8 Å². The van der Waals surface area contributed by atoms with Gasteiger partial charge < -0.3 is 10.0 Å². The van der Waals surface area contributed by atoms with E-state index in [2.05, 4.69) is 15.9 Å². The highest BCUT2D eigenvalue weighted by molar-refractivity contribution is 9.10. The number of nitrogens with zero attached hydrogens (tertiary/aromatic N) is 1. The summed E-state index contributed by atoms with van der Waals surface area (Å²) in [5, 5.41) is 8.96. The number of alkyl halides is 2. The molecule has 0 aliphatic heterocycles. The van der Waals surface area contributed by atoms with Crippen molar-refractivity contribution < 1.29 is 23.5 Å². The van der Waals surface area contributed by atoms with Crippen LogP contribution in [0.15, 0.2) is 22.7 Å². The molecule has 4 nitrogen and oxygen atoms in total. The van der Waals surface area contributed by atoms with Crippen LogP contribution in [0.4, 0.5) is 8.78 Å². The molecule has 0 unspecified atom stereocenters. The second-order valence-corrected chi connectivity index (χ2v) is 5.53. The van der Waals surface area contributed by atoms with Crippen molar-refractivity contribution in [1.29, 1.82) is 0 Å². The molecule has 2 rings (SSSR count). The van der Waals surface area contributed by atoms with E-state index in [0.717, 1.165) is 4.90 Å². The first-order valence-corrected chi connectivity index (χ1v) is 6.81. The van der Waals surface area contributed by atoms with E-state index in [1.807, 2.05) is 0 Å². The van der Waals surface area contributed by atoms with Crippen LogP contribution in [0.2, 0.25) is 0 Å². The lowest BCUT2D eigenvalue weighted by molar-refractivity contribution is 0.0534. The third-order valence-electron chi connectivity index (χ3n) is 2.97. The van der Waals surface area contributed by atoms with Crippen LogP contribution in [0.5, 0.6) is 0 Å². The molecule has 0 radical (unpaired) electrons. The third-order valence-corrected chi connectivity index (χ3v) is 3.43. The zero-order valence-electron chi connectivity index (χ0n) is 10.4. The van der Waals surface area contributed by atoms with Crippen LogP contribution in [-0.2, 0) is 0 Å². The minimum absolute atomic E-state index is 0.0597. The van der Waals surface area contributed by atoms with Gasteiger partial charge in [0.1, 0.15) is 0 Å². The predicted octanol–water partition coefficient (Wildman–Crippen LogP) is 3.02. The van der Waals surface area contributed by atoms with E-state index in [1.165, 1.54) is 18.2 Å². The topological polar surface area (TPSA) is 57.6 Å². The van der Waals surface area contributed by atoms with Crippen LogP contribution in [0.3, 0.4) is 0 Å². The number of amides is 1. The monoisotopic (exact) mass is 347 g/mol. The van der Waals surface area contributed by atoms with E-state index in [1.54, 1.807) is 0 Å². The van der Waals surface area contributed by atoms with Crippen LogP contribution < -0.4 is 0 Å². The molecule has 0 spiro atoms. The Balaban J connectivity index is 2.28. The summed E-state index contributed by atoms with van der Waals surface area (Å²) >= 11 is 3.12. The maximum atomic E-state index is 12.5. The maximum absolute atomic E-state index is 12.5. The van der Waals surface area contributed by atoms with E-state index in [4.69, 9.17) is 5.11 Å². The van der Waals surface area contributed by atoms with Crippen molar-refractivity contribution in [3.8, 4) is 0 Å². The summed E-state index contributed by atoms with van der Waals surface area (Å²) in [5.41, 5.74) is 0.0415. The first kappa shape index (κ1) is 14.9. The van der Waals surface area contributed by atoms with Gasteiger partial charge in [0.05, 0.1) is 12.1 Å². The van der Waals surface area contributed by atoms with Crippen molar-refractivity contribution in [1.82, 2.24) is 4.90 Å².